The first-order valence-corrected chi connectivity index (χ1v) is 8.89. The zero-order chi connectivity index (χ0) is 20.7. The van der Waals surface area contributed by atoms with Gasteiger partial charge >= 0.3 is 5.92 Å². The number of nitrogens with zero attached hydrogens (tertiary/aromatic N) is 2. The number of ether oxygens (including phenoxy) is 1. The Labute approximate surface area is 165 Å². The van der Waals surface area contributed by atoms with Crippen LogP contribution >= 0.6 is 11.6 Å². The first kappa shape index (κ1) is 20.4. The van der Waals surface area contributed by atoms with E-state index in [1.54, 1.807) is 12.1 Å². The van der Waals surface area contributed by atoms with E-state index in [9.17, 15) is 4.39 Å². The molecule has 2 aromatic rings. The number of halogens is 4. The predicted molar refractivity (Wildman–Crippen MR) is 103 cm³/mol. The van der Waals surface area contributed by atoms with E-state index >= 15 is 8.78 Å². The Bertz CT molecular complexity index is 918. The van der Waals surface area contributed by atoms with Crippen LogP contribution in [0.3, 0.4) is 0 Å². The van der Waals surface area contributed by atoms with Gasteiger partial charge in [-0.15, -0.1) is 0 Å². The third kappa shape index (κ3) is 3.42. The number of benzene rings is 1. The summed E-state index contributed by atoms with van der Waals surface area (Å²) in [6.07, 6.45) is 1.47. The van der Waals surface area contributed by atoms with Gasteiger partial charge in [-0.3, -0.25) is 4.99 Å². The van der Waals surface area contributed by atoms with Crippen LogP contribution in [-0.2, 0) is 10.3 Å². The van der Waals surface area contributed by atoms with E-state index in [4.69, 9.17) is 22.1 Å². The van der Waals surface area contributed by atoms with Crippen molar-refractivity contribution in [2.75, 3.05) is 11.9 Å². The smallest absolute Gasteiger partial charge is 0.304 e. The number of nitrogens with one attached hydrogen (secondary N) is 1. The number of aliphatic imine (C=N–C) groups is 1. The molecule has 0 saturated heterocycles. The van der Waals surface area contributed by atoms with Gasteiger partial charge in [0.05, 0.1) is 11.9 Å². The van der Waals surface area contributed by atoms with Gasteiger partial charge in [0.2, 0.25) is 0 Å². The molecule has 0 amide bonds. The molecule has 150 valence electrons. The lowest BCUT2D eigenvalue weighted by Crippen LogP contribution is -2.56. The minimum atomic E-state index is -3.55. The van der Waals surface area contributed by atoms with Crippen LogP contribution < -0.4 is 11.1 Å². The molecule has 1 aromatic heterocycles. The summed E-state index contributed by atoms with van der Waals surface area (Å²) in [5.41, 5.74) is 2.21. The van der Waals surface area contributed by atoms with Gasteiger partial charge in [-0.05, 0) is 51.1 Å². The number of pyridine rings is 1. The average molecular weight is 413 g/mol. The van der Waals surface area contributed by atoms with Crippen molar-refractivity contribution in [2.24, 2.45) is 10.7 Å². The number of hydrogen-bond donors (Lipinski definition) is 2. The summed E-state index contributed by atoms with van der Waals surface area (Å²) in [6, 6.07) is 7.05. The first-order chi connectivity index (χ1) is 13.0. The van der Waals surface area contributed by atoms with Crippen LogP contribution in [0.1, 0.15) is 26.3 Å². The summed E-state index contributed by atoms with van der Waals surface area (Å²) in [7, 11) is 0. The Morgan fingerprint density at radius 2 is 1.82 bits per heavy atom. The molecule has 1 unspecified atom stereocenters. The largest absolute Gasteiger partial charge is 0.385 e. The molecule has 9 heteroatoms. The third-order valence-electron chi connectivity index (χ3n) is 4.82. The van der Waals surface area contributed by atoms with Crippen molar-refractivity contribution in [1.29, 1.82) is 0 Å². The van der Waals surface area contributed by atoms with E-state index in [0.29, 0.717) is 16.5 Å². The Balaban J connectivity index is 2.10. The zero-order valence-electron chi connectivity index (χ0n) is 15.6. The standard InChI is InChI=1S/C19H20ClF3N4O/c1-17(2)19(22,23)18(3,27-16(24)10-28-17)13-8-11(4-6-14(13)21)26-12-5-7-15(20)25-9-12/h4-9,26H,10H2,1-3H3,(H2,24,27). The fourth-order valence-corrected chi connectivity index (χ4v) is 3.25. The first-order valence-electron chi connectivity index (χ1n) is 8.51. The summed E-state index contributed by atoms with van der Waals surface area (Å²) in [5, 5.41) is 3.29. The Hall–Kier alpha value is -2.32. The van der Waals surface area contributed by atoms with Crippen molar-refractivity contribution >= 4 is 28.8 Å². The van der Waals surface area contributed by atoms with E-state index < -0.39 is 22.9 Å². The van der Waals surface area contributed by atoms with Crippen LogP contribution in [-0.4, -0.2) is 29.0 Å². The van der Waals surface area contributed by atoms with Crippen LogP contribution in [0.2, 0.25) is 5.15 Å². The number of alkyl halides is 2. The Morgan fingerprint density at radius 3 is 2.46 bits per heavy atom. The maximum Gasteiger partial charge on any atom is 0.304 e. The van der Waals surface area contributed by atoms with E-state index in [0.717, 1.165) is 13.0 Å². The second-order valence-corrected chi connectivity index (χ2v) is 7.63. The predicted octanol–water partition coefficient (Wildman–Crippen LogP) is 4.63. The fourth-order valence-electron chi connectivity index (χ4n) is 3.14. The highest BCUT2D eigenvalue weighted by Crippen LogP contribution is 2.50. The summed E-state index contributed by atoms with van der Waals surface area (Å²) >= 11 is 5.76. The van der Waals surface area contributed by atoms with Gasteiger partial charge in [-0.2, -0.15) is 0 Å². The maximum absolute atomic E-state index is 15.4. The van der Waals surface area contributed by atoms with Gasteiger partial charge in [-0.25, -0.2) is 18.2 Å². The van der Waals surface area contributed by atoms with Crippen LogP contribution in [0.25, 0.3) is 0 Å². The lowest BCUT2D eigenvalue weighted by molar-refractivity contribution is -0.214. The normalized spacial score (nSPS) is 23.6. The van der Waals surface area contributed by atoms with Gasteiger partial charge in [-0.1, -0.05) is 11.6 Å². The molecular weight excluding hydrogens is 393 g/mol. The van der Waals surface area contributed by atoms with Gasteiger partial charge in [0.1, 0.15) is 29.0 Å². The fraction of sp³-hybridized carbons (Fsp3) is 0.368. The van der Waals surface area contributed by atoms with E-state index in [2.05, 4.69) is 15.3 Å². The SMILES string of the molecule is CC1(C)OCC(N)=NC(C)(c2cc(Nc3ccc(Cl)nc3)ccc2F)C1(F)F. The quantitative estimate of drug-likeness (QED) is 0.721. The van der Waals surface area contributed by atoms with Crippen LogP contribution in [0, 0.1) is 5.82 Å². The minimum Gasteiger partial charge on any atom is -0.385 e. The lowest BCUT2D eigenvalue weighted by Gasteiger charge is -2.42. The summed E-state index contributed by atoms with van der Waals surface area (Å²) in [6.45, 7) is 3.36. The van der Waals surface area contributed by atoms with Crippen molar-refractivity contribution in [1.82, 2.24) is 4.98 Å². The van der Waals surface area contributed by atoms with Crippen molar-refractivity contribution in [3.63, 3.8) is 0 Å². The maximum atomic E-state index is 15.4. The molecule has 0 saturated carbocycles. The molecular formula is C19H20ClF3N4O. The number of aromatic nitrogens is 1. The molecule has 1 atom stereocenters. The highest BCUT2D eigenvalue weighted by Gasteiger charge is 2.63. The highest BCUT2D eigenvalue weighted by atomic mass is 35.5. The number of anilines is 2. The molecule has 0 bridgehead atoms. The molecule has 3 rings (SSSR count). The molecule has 1 aliphatic rings. The number of nitrogens with two attached hydrogens (primary N) is 1. The van der Waals surface area contributed by atoms with Crippen molar-refractivity contribution in [3.05, 3.63) is 53.1 Å². The Kier molecular flexibility index (Phi) is 5.05. The number of amidine groups is 1. The summed E-state index contributed by atoms with van der Waals surface area (Å²) < 4.78 is 50.8. The van der Waals surface area contributed by atoms with Crippen LogP contribution in [0.15, 0.2) is 41.5 Å². The van der Waals surface area contributed by atoms with Crippen molar-refractivity contribution in [2.45, 2.75) is 37.8 Å². The minimum absolute atomic E-state index is 0.132. The average Bonchev–Trinajstić information content (AvgIpc) is 2.68. The van der Waals surface area contributed by atoms with Gasteiger partial charge in [0, 0.05) is 11.3 Å². The molecule has 2 heterocycles. The number of rotatable bonds is 3. The molecule has 1 aromatic carbocycles. The lowest BCUT2D eigenvalue weighted by atomic mass is 9.78. The van der Waals surface area contributed by atoms with Gasteiger partial charge in [0.15, 0.2) is 5.54 Å². The van der Waals surface area contributed by atoms with Gasteiger partial charge in [0.25, 0.3) is 0 Å². The van der Waals surface area contributed by atoms with Crippen molar-refractivity contribution in [3.8, 4) is 0 Å². The molecule has 3 N–H and O–H groups in total. The second kappa shape index (κ2) is 6.93. The van der Waals surface area contributed by atoms with E-state index in [-0.39, 0.29) is 18.0 Å². The van der Waals surface area contributed by atoms with Crippen molar-refractivity contribution < 1.29 is 17.9 Å². The highest BCUT2D eigenvalue weighted by molar-refractivity contribution is 6.29. The monoisotopic (exact) mass is 412 g/mol. The number of hydrogen-bond acceptors (Lipinski definition) is 5. The molecule has 5 nitrogen and oxygen atoms in total. The third-order valence-corrected chi connectivity index (χ3v) is 5.05. The molecule has 0 radical (unpaired) electrons. The zero-order valence-corrected chi connectivity index (χ0v) is 16.3. The topological polar surface area (TPSA) is 72.5 Å². The molecule has 1 aliphatic heterocycles. The van der Waals surface area contributed by atoms with Gasteiger partial charge < -0.3 is 15.8 Å². The molecule has 0 fully saturated rings. The van der Waals surface area contributed by atoms with E-state index in [1.807, 2.05) is 0 Å². The van der Waals surface area contributed by atoms with Crippen LogP contribution in [0.4, 0.5) is 24.5 Å². The molecule has 28 heavy (non-hydrogen) atoms. The summed E-state index contributed by atoms with van der Waals surface area (Å²) in [5.74, 6) is -4.51. The summed E-state index contributed by atoms with van der Waals surface area (Å²) in [4.78, 5) is 7.91. The Morgan fingerprint density at radius 1 is 1.14 bits per heavy atom. The molecule has 0 aliphatic carbocycles. The van der Waals surface area contributed by atoms with Crippen LogP contribution in [0.5, 0.6) is 0 Å². The van der Waals surface area contributed by atoms with E-state index in [1.165, 1.54) is 32.2 Å². The second-order valence-electron chi connectivity index (χ2n) is 7.24. The molecule has 0 spiro atoms.